The number of carbonyl (C=O) groups is 1. The van der Waals surface area contributed by atoms with Gasteiger partial charge in [-0.3, -0.25) is 9.69 Å². The predicted molar refractivity (Wildman–Crippen MR) is 104 cm³/mol. The third kappa shape index (κ3) is 4.83. The minimum absolute atomic E-state index is 0.0159. The van der Waals surface area contributed by atoms with Crippen molar-refractivity contribution in [2.45, 2.75) is 77.8 Å². The average molecular weight is 347 g/mol. The number of amides is 1. The normalized spacial score (nSPS) is 21.8. The fourth-order valence-corrected chi connectivity index (χ4v) is 3.86. The number of likely N-dealkylation sites (tertiary alicyclic amines) is 1. The van der Waals surface area contributed by atoms with E-state index in [0.29, 0.717) is 24.4 Å². The van der Waals surface area contributed by atoms with E-state index < -0.39 is 0 Å². The van der Waals surface area contributed by atoms with Crippen molar-refractivity contribution in [2.24, 2.45) is 0 Å². The number of hydrogen-bond donors (Lipinski definition) is 2. The Morgan fingerprint density at radius 2 is 1.80 bits per heavy atom. The zero-order valence-electron chi connectivity index (χ0n) is 16.4. The number of hydrogen-bond acceptors (Lipinski definition) is 3. The maximum atomic E-state index is 12.8. The molecule has 1 aromatic carbocycles. The Balaban J connectivity index is 2.19. The lowest BCUT2D eigenvalue weighted by atomic mass is 9.92. The molecule has 0 radical (unpaired) electrons. The molecule has 1 amide bonds. The highest BCUT2D eigenvalue weighted by Crippen LogP contribution is 2.32. The summed E-state index contributed by atoms with van der Waals surface area (Å²) < 4.78 is 0. The molecule has 140 valence electrons. The number of aliphatic hydroxyl groups is 1. The van der Waals surface area contributed by atoms with Crippen LogP contribution in [0.5, 0.6) is 0 Å². The quantitative estimate of drug-likeness (QED) is 0.815. The highest BCUT2D eigenvalue weighted by molar-refractivity contribution is 5.94. The summed E-state index contributed by atoms with van der Waals surface area (Å²) in [5.41, 5.74) is 3.35. The summed E-state index contributed by atoms with van der Waals surface area (Å²) in [5.74, 6) is 0.725. The maximum absolute atomic E-state index is 12.8. The van der Waals surface area contributed by atoms with Crippen molar-refractivity contribution in [2.75, 3.05) is 18.5 Å². The van der Waals surface area contributed by atoms with Gasteiger partial charge < -0.3 is 10.4 Å². The second-order valence-electron chi connectivity index (χ2n) is 7.96. The molecule has 2 rings (SSSR count). The lowest BCUT2D eigenvalue weighted by Gasteiger charge is -2.39. The Morgan fingerprint density at radius 3 is 2.32 bits per heavy atom. The van der Waals surface area contributed by atoms with Crippen molar-refractivity contribution < 1.29 is 9.90 Å². The van der Waals surface area contributed by atoms with Crippen molar-refractivity contribution in [3.8, 4) is 0 Å². The van der Waals surface area contributed by atoms with Crippen LogP contribution in [0.4, 0.5) is 5.69 Å². The van der Waals surface area contributed by atoms with Crippen LogP contribution in [0.25, 0.3) is 0 Å². The zero-order valence-corrected chi connectivity index (χ0v) is 16.4. The fourth-order valence-electron chi connectivity index (χ4n) is 3.86. The molecule has 4 nitrogen and oxygen atoms in total. The number of anilines is 1. The minimum Gasteiger partial charge on any atom is -0.395 e. The van der Waals surface area contributed by atoms with Gasteiger partial charge in [0.15, 0.2) is 0 Å². The summed E-state index contributed by atoms with van der Waals surface area (Å²) in [6, 6.07) is 6.72. The smallest absolute Gasteiger partial charge is 0.238 e. The van der Waals surface area contributed by atoms with Gasteiger partial charge in [0.05, 0.1) is 13.2 Å². The first kappa shape index (κ1) is 19.9. The maximum Gasteiger partial charge on any atom is 0.238 e. The van der Waals surface area contributed by atoms with E-state index in [-0.39, 0.29) is 18.6 Å². The lowest BCUT2D eigenvalue weighted by molar-refractivity contribution is -0.119. The minimum atomic E-state index is 0.0159. The second kappa shape index (κ2) is 8.81. The molecule has 1 heterocycles. The van der Waals surface area contributed by atoms with Crippen molar-refractivity contribution >= 4 is 11.6 Å². The molecule has 1 saturated heterocycles. The molecule has 25 heavy (non-hydrogen) atoms. The molecule has 0 aromatic heterocycles. The topological polar surface area (TPSA) is 52.6 Å². The molecule has 4 heteroatoms. The first-order valence-corrected chi connectivity index (χ1v) is 9.64. The van der Waals surface area contributed by atoms with E-state index in [9.17, 15) is 9.90 Å². The summed E-state index contributed by atoms with van der Waals surface area (Å²) >= 11 is 0. The number of carbonyl (C=O) groups excluding carboxylic acids is 1. The Labute approximate surface area is 152 Å². The SMILES string of the molecule is CC(C)c1cccc(C(C)C)c1NC(=O)CN1C(C)CCCC1CO. The molecule has 0 aliphatic carbocycles. The molecule has 1 aromatic rings. The molecule has 2 atom stereocenters. The number of rotatable bonds is 6. The van der Waals surface area contributed by atoms with E-state index in [4.69, 9.17) is 0 Å². The molecule has 0 bridgehead atoms. The number of benzene rings is 1. The van der Waals surface area contributed by atoms with E-state index in [2.05, 4.69) is 63.0 Å². The standard InChI is InChI=1S/C21H34N2O2/c1-14(2)18-10-7-11-19(15(3)4)21(18)22-20(25)12-23-16(5)8-6-9-17(23)13-24/h7,10-11,14-17,24H,6,8-9,12-13H2,1-5H3,(H,22,25). The first-order chi connectivity index (χ1) is 11.8. The fraction of sp³-hybridized carbons (Fsp3) is 0.667. The monoisotopic (exact) mass is 346 g/mol. The number of nitrogens with one attached hydrogen (secondary N) is 1. The summed E-state index contributed by atoms with van der Waals surface area (Å²) in [6.07, 6.45) is 3.18. The van der Waals surface area contributed by atoms with Gasteiger partial charge in [0.25, 0.3) is 0 Å². The van der Waals surface area contributed by atoms with E-state index in [1.54, 1.807) is 0 Å². The third-order valence-corrected chi connectivity index (χ3v) is 5.37. The van der Waals surface area contributed by atoms with Crippen molar-refractivity contribution in [1.82, 2.24) is 4.90 Å². The second-order valence-corrected chi connectivity index (χ2v) is 7.96. The van der Waals surface area contributed by atoms with Crippen LogP contribution in [0, 0.1) is 0 Å². The predicted octanol–water partition coefficient (Wildman–Crippen LogP) is 4.11. The van der Waals surface area contributed by atoms with Crippen LogP contribution >= 0.6 is 0 Å². The van der Waals surface area contributed by atoms with Crippen LogP contribution in [0.1, 0.15) is 76.8 Å². The lowest BCUT2D eigenvalue weighted by Crippen LogP contribution is -2.50. The molecular weight excluding hydrogens is 312 g/mol. The molecule has 2 N–H and O–H groups in total. The molecule has 0 spiro atoms. The van der Waals surface area contributed by atoms with Crippen LogP contribution in [0.3, 0.4) is 0 Å². The van der Waals surface area contributed by atoms with Gasteiger partial charge >= 0.3 is 0 Å². The molecular formula is C21H34N2O2. The Morgan fingerprint density at radius 1 is 1.20 bits per heavy atom. The number of nitrogens with zero attached hydrogens (tertiary/aromatic N) is 1. The third-order valence-electron chi connectivity index (χ3n) is 5.37. The molecule has 1 aliphatic heterocycles. The van der Waals surface area contributed by atoms with Gasteiger partial charge in [0.2, 0.25) is 5.91 Å². The van der Waals surface area contributed by atoms with Crippen LogP contribution in [0.15, 0.2) is 18.2 Å². The number of piperidine rings is 1. The van der Waals surface area contributed by atoms with Crippen molar-refractivity contribution in [3.05, 3.63) is 29.3 Å². The van der Waals surface area contributed by atoms with Gasteiger partial charge in [-0.15, -0.1) is 0 Å². The van der Waals surface area contributed by atoms with Crippen LogP contribution in [-0.4, -0.2) is 41.1 Å². The Hall–Kier alpha value is -1.39. The summed E-state index contributed by atoms with van der Waals surface area (Å²) in [5, 5.41) is 12.8. The molecule has 1 aliphatic rings. The first-order valence-electron chi connectivity index (χ1n) is 9.64. The van der Waals surface area contributed by atoms with Crippen molar-refractivity contribution in [3.63, 3.8) is 0 Å². The van der Waals surface area contributed by atoms with E-state index in [0.717, 1.165) is 24.9 Å². The van der Waals surface area contributed by atoms with Gasteiger partial charge in [-0.2, -0.15) is 0 Å². The summed E-state index contributed by atoms with van der Waals surface area (Å²) in [6.45, 7) is 11.2. The molecule has 2 unspecified atom stereocenters. The van der Waals surface area contributed by atoms with Gasteiger partial charge in [-0.05, 0) is 42.7 Å². The Kier molecular flexibility index (Phi) is 7.03. The van der Waals surface area contributed by atoms with Gasteiger partial charge in [0, 0.05) is 17.8 Å². The van der Waals surface area contributed by atoms with Crippen molar-refractivity contribution in [1.29, 1.82) is 0 Å². The van der Waals surface area contributed by atoms with Gasteiger partial charge in [-0.25, -0.2) is 0 Å². The van der Waals surface area contributed by atoms with Crippen LogP contribution in [-0.2, 0) is 4.79 Å². The number of aliphatic hydroxyl groups excluding tert-OH is 1. The average Bonchev–Trinajstić information content (AvgIpc) is 2.56. The summed E-state index contributed by atoms with van der Waals surface area (Å²) in [4.78, 5) is 15.0. The largest absolute Gasteiger partial charge is 0.395 e. The van der Waals surface area contributed by atoms with Gasteiger partial charge in [-0.1, -0.05) is 52.3 Å². The highest BCUT2D eigenvalue weighted by Gasteiger charge is 2.29. The van der Waals surface area contributed by atoms with Crippen LogP contribution < -0.4 is 5.32 Å². The van der Waals surface area contributed by atoms with E-state index in [1.165, 1.54) is 11.1 Å². The highest BCUT2D eigenvalue weighted by atomic mass is 16.3. The molecule has 0 saturated carbocycles. The number of para-hydroxylation sites is 1. The van der Waals surface area contributed by atoms with Gasteiger partial charge in [0.1, 0.15) is 0 Å². The Bertz CT molecular complexity index is 557. The van der Waals surface area contributed by atoms with E-state index >= 15 is 0 Å². The van der Waals surface area contributed by atoms with Crippen LogP contribution in [0.2, 0.25) is 0 Å². The van der Waals surface area contributed by atoms with E-state index in [1.807, 2.05) is 0 Å². The summed E-state index contributed by atoms with van der Waals surface area (Å²) in [7, 11) is 0. The molecule has 1 fully saturated rings. The zero-order chi connectivity index (χ0) is 18.6.